The monoisotopic (exact) mass is 275 g/mol. The van der Waals surface area contributed by atoms with Crippen LogP contribution in [0.3, 0.4) is 0 Å². The molecule has 0 aromatic carbocycles. The van der Waals surface area contributed by atoms with Crippen molar-refractivity contribution < 1.29 is 9.53 Å². The van der Waals surface area contributed by atoms with Crippen LogP contribution >= 0.6 is 0 Å². The highest BCUT2D eigenvalue weighted by Crippen LogP contribution is 2.23. The summed E-state index contributed by atoms with van der Waals surface area (Å²) < 4.78 is 5.06. The summed E-state index contributed by atoms with van der Waals surface area (Å²) in [5, 5.41) is 0. The maximum Gasteiger partial charge on any atom is 0.323 e. The lowest BCUT2D eigenvalue weighted by molar-refractivity contribution is -0.142. The fourth-order valence-corrected chi connectivity index (χ4v) is 3.09. The number of hydrogen-bond acceptors (Lipinski definition) is 5. The Balaban J connectivity index is 1.57. The lowest BCUT2D eigenvalue weighted by atomic mass is 10.1. The van der Waals surface area contributed by atoms with E-state index in [1.807, 2.05) is 12.3 Å². The molecule has 2 fully saturated rings. The Bertz CT molecular complexity index is 457. The van der Waals surface area contributed by atoms with Crippen LogP contribution in [0.2, 0.25) is 0 Å². The standard InChI is InChI=1S/C15H21N3O2/c1-12(13-3-2-5-16-11-13)17-6-8-18(9-7-17)14-4-10-20-15(14)19/h2-3,5,11-12,14H,4,6-10H2,1H3/t12-,14+/m1/s1. The second-order valence-electron chi connectivity index (χ2n) is 5.51. The van der Waals surface area contributed by atoms with Crippen molar-refractivity contribution in [2.45, 2.75) is 25.4 Å². The zero-order valence-electron chi connectivity index (χ0n) is 11.9. The van der Waals surface area contributed by atoms with Gasteiger partial charge in [0, 0.05) is 51.0 Å². The first-order valence-electron chi connectivity index (χ1n) is 7.30. The van der Waals surface area contributed by atoms with Crippen molar-refractivity contribution >= 4 is 5.97 Å². The van der Waals surface area contributed by atoms with Crippen molar-refractivity contribution in [1.29, 1.82) is 0 Å². The van der Waals surface area contributed by atoms with Gasteiger partial charge in [0.1, 0.15) is 6.04 Å². The summed E-state index contributed by atoms with van der Waals surface area (Å²) in [5.41, 5.74) is 1.25. The minimum Gasteiger partial charge on any atom is -0.464 e. The zero-order chi connectivity index (χ0) is 13.9. The fourth-order valence-electron chi connectivity index (χ4n) is 3.09. The number of aromatic nitrogens is 1. The molecule has 0 bridgehead atoms. The van der Waals surface area contributed by atoms with E-state index in [0.29, 0.717) is 12.6 Å². The van der Waals surface area contributed by atoms with E-state index in [0.717, 1.165) is 32.6 Å². The third kappa shape index (κ3) is 2.69. The van der Waals surface area contributed by atoms with Crippen LogP contribution in [0, 0.1) is 0 Å². The molecule has 0 spiro atoms. The number of hydrogen-bond donors (Lipinski definition) is 0. The Hall–Kier alpha value is -1.46. The highest BCUT2D eigenvalue weighted by Gasteiger charge is 2.34. The van der Waals surface area contributed by atoms with Crippen LogP contribution in [-0.4, -0.2) is 59.6 Å². The largest absolute Gasteiger partial charge is 0.464 e. The first-order chi connectivity index (χ1) is 9.75. The van der Waals surface area contributed by atoms with Crippen molar-refractivity contribution in [2.24, 2.45) is 0 Å². The molecule has 2 aliphatic heterocycles. The lowest BCUT2D eigenvalue weighted by Gasteiger charge is -2.39. The van der Waals surface area contributed by atoms with Gasteiger partial charge in [0.05, 0.1) is 6.61 Å². The Morgan fingerprint density at radius 1 is 1.35 bits per heavy atom. The van der Waals surface area contributed by atoms with Crippen LogP contribution in [0.25, 0.3) is 0 Å². The average molecular weight is 275 g/mol. The molecule has 0 saturated carbocycles. The molecule has 0 aliphatic carbocycles. The summed E-state index contributed by atoms with van der Waals surface area (Å²) in [6.07, 6.45) is 4.59. The predicted molar refractivity (Wildman–Crippen MR) is 75.2 cm³/mol. The van der Waals surface area contributed by atoms with Crippen molar-refractivity contribution in [3.05, 3.63) is 30.1 Å². The molecule has 1 aromatic heterocycles. The molecular weight excluding hydrogens is 254 g/mol. The molecule has 1 aromatic rings. The van der Waals surface area contributed by atoms with Gasteiger partial charge in [0.15, 0.2) is 0 Å². The van der Waals surface area contributed by atoms with Gasteiger partial charge in [-0.15, -0.1) is 0 Å². The quantitative estimate of drug-likeness (QED) is 0.772. The summed E-state index contributed by atoms with van der Waals surface area (Å²) in [5.74, 6) is -0.0428. The van der Waals surface area contributed by atoms with E-state index < -0.39 is 0 Å². The van der Waals surface area contributed by atoms with E-state index in [1.54, 1.807) is 6.20 Å². The van der Waals surface area contributed by atoms with Crippen molar-refractivity contribution in [2.75, 3.05) is 32.8 Å². The van der Waals surface area contributed by atoms with Crippen LogP contribution in [0.4, 0.5) is 0 Å². The topological polar surface area (TPSA) is 45.7 Å². The number of esters is 1. The lowest BCUT2D eigenvalue weighted by Crippen LogP contribution is -2.52. The molecule has 3 heterocycles. The second-order valence-corrected chi connectivity index (χ2v) is 5.51. The fraction of sp³-hybridized carbons (Fsp3) is 0.600. The Kier molecular flexibility index (Phi) is 3.98. The highest BCUT2D eigenvalue weighted by atomic mass is 16.5. The summed E-state index contributed by atoms with van der Waals surface area (Å²) in [6.45, 7) is 6.64. The van der Waals surface area contributed by atoms with Crippen LogP contribution in [0.15, 0.2) is 24.5 Å². The summed E-state index contributed by atoms with van der Waals surface area (Å²) in [4.78, 5) is 20.5. The van der Waals surface area contributed by atoms with Gasteiger partial charge in [-0.1, -0.05) is 6.07 Å². The molecule has 5 heteroatoms. The minimum atomic E-state index is -0.0428. The van der Waals surface area contributed by atoms with Gasteiger partial charge in [-0.05, 0) is 18.6 Å². The Morgan fingerprint density at radius 3 is 2.75 bits per heavy atom. The third-order valence-corrected chi connectivity index (χ3v) is 4.41. The molecule has 5 nitrogen and oxygen atoms in total. The molecule has 20 heavy (non-hydrogen) atoms. The van der Waals surface area contributed by atoms with Crippen molar-refractivity contribution in [3.63, 3.8) is 0 Å². The smallest absolute Gasteiger partial charge is 0.323 e. The van der Waals surface area contributed by atoms with Gasteiger partial charge < -0.3 is 4.74 Å². The van der Waals surface area contributed by atoms with Crippen molar-refractivity contribution in [3.8, 4) is 0 Å². The predicted octanol–water partition coefficient (Wildman–Crippen LogP) is 1.08. The number of pyridine rings is 1. The molecule has 0 N–H and O–H groups in total. The van der Waals surface area contributed by atoms with E-state index in [9.17, 15) is 4.79 Å². The molecular formula is C15H21N3O2. The Morgan fingerprint density at radius 2 is 2.15 bits per heavy atom. The number of nitrogens with zero attached hydrogens (tertiary/aromatic N) is 3. The molecule has 0 unspecified atom stereocenters. The number of rotatable bonds is 3. The van der Waals surface area contributed by atoms with Crippen molar-refractivity contribution in [1.82, 2.24) is 14.8 Å². The van der Waals surface area contributed by atoms with E-state index in [2.05, 4.69) is 27.8 Å². The summed E-state index contributed by atoms with van der Waals surface area (Å²) >= 11 is 0. The normalized spacial score (nSPS) is 26.4. The van der Waals surface area contributed by atoms with Crippen LogP contribution in [-0.2, 0) is 9.53 Å². The molecule has 0 radical (unpaired) electrons. The number of ether oxygens (including phenoxy) is 1. The van der Waals surface area contributed by atoms with Gasteiger partial charge in [-0.25, -0.2) is 0 Å². The minimum absolute atomic E-state index is 0.00847. The molecule has 2 saturated heterocycles. The van der Waals surface area contributed by atoms with Gasteiger partial charge in [0.2, 0.25) is 0 Å². The number of carbonyl (C=O) groups excluding carboxylic acids is 1. The molecule has 2 aliphatic rings. The van der Waals surface area contributed by atoms with E-state index in [-0.39, 0.29) is 12.0 Å². The molecule has 108 valence electrons. The first kappa shape index (κ1) is 13.5. The van der Waals surface area contributed by atoms with E-state index in [1.165, 1.54) is 5.56 Å². The maximum absolute atomic E-state index is 11.6. The maximum atomic E-state index is 11.6. The van der Waals surface area contributed by atoms with Crippen LogP contribution in [0.1, 0.15) is 24.9 Å². The van der Waals surface area contributed by atoms with E-state index in [4.69, 9.17) is 4.74 Å². The number of carbonyl (C=O) groups is 1. The van der Waals surface area contributed by atoms with Crippen LogP contribution < -0.4 is 0 Å². The molecule has 3 rings (SSSR count). The zero-order valence-corrected chi connectivity index (χ0v) is 11.9. The van der Waals surface area contributed by atoms with Gasteiger partial charge in [-0.3, -0.25) is 19.6 Å². The molecule has 0 amide bonds. The molecule has 2 atom stereocenters. The summed E-state index contributed by atoms with van der Waals surface area (Å²) in [6, 6.07) is 4.47. The highest BCUT2D eigenvalue weighted by molar-refractivity contribution is 5.77. The first-order valence-corrected chi connectivity index (χ1v) is 7.30. The van der Waals surface area contributed by atoms with Crippen LogP contribution in [0.5, 0.6) is 0 Å². The Labute approximate surface area is 119 Å². The second kappa shape index (κ2) is 5.89. The third-order valence-electron chi connectivity index (χ3n) is 4.41. The van der Waals surface area contributed by atoms with Gasteiger partial charge in [-0.2, -0.15) is 0 Å². The number of cyclic esters (lactones) is 1. The van der Waals surface area contributed by atoms with E-state index >= 15 is 0 Å². The van der Waals surface area contributed by atoms with Gasteiger partial charge in [0.25, 0.3) is 0 Å². The number of piperazine rings is 1. The average Bonchev–Trinajstić information content (AvgIpc) is 2.94. The van der Waals surface area contributed by atoms with Gasteiger partial charge >= 0.3 is 5.97 Å². The SMILES string of the molecule is C[C@H](c1cccnc1)N1CCN([C@H]2CCOC2=O)CC1. The summed E-state index contributed by atoms with van der Waals surface area (Å²) in [7, 11) is 0.